The summed E-state index contributed by atoms with van der Waals surface area (Å²) in [5.74, 6) is -0.674. The fourth-order valence-electron chi connectivity index (χ4n) is 3.29. The number of amides is 4. The van der Waals surface area contributed by atoms with Gasteiger partial charge in [0.25, 0.3) is 5.91 Å². The molecule has 3 rings (SSSR count). The van der Waals surface area contributed by atoms with Crippen LogP contribution >= 0.6 is 0 Å². The molecule has 1 atom stereocenters. The monoisotopic (exact) mass is 365 g/mol. The predicted octanol–water partition coefficient (Wildman–Crippen LogP) is 3.57. The Bertz CT molecular complexity index is 864. The predicted molar refractivity (Wildman–Crippen MR) is 105 cm³/mol. The molecule has 27 heavy (non-hydrogen) atoms. The van der Waals surface area contributed by atoms with E-state index in [9.17, 15) is 14.4 Å². The van der Waals surface area contributed by atoms with Gasteiger partial charge in [0, 0.05) is 11.7 Å². The summed E-state index contributed by atoms with van der Waals surface area (Å²) < 4.78 is 0. The summed E-state index contributed by atoms with van der Waals surface area (Å²) >= 11 is 0. The second-order valence-corrected chi connectivity index (χ2v) is 6.93. The van der Waals surface area contributed by atoms with Gasteiger partial charge in [0.05, 0.1) is 12.1 Å². The molecule has 0 aromatic heterocycles. The maximum absolute atomic E-state index is 13.0. The zero-order valence-electron chi connectivity index (χ0n) is 15.7. The summed E-state index contributed by atoms with van der Waals surface area (Å²) in [6.07, 6.45) is -0.0834. The molecule has 2 aromatic rings. The average molecular weight is 365 g/mol. The van der Waals surface area contributed by atoms with E-state index in [0.717, 1.165) is 5.56 Å². The van der Waals surface area contributed by atoms with Crippen LogP contribution in [0.15, 0.2) is 54.6 Å². The minimum Gasteiger partial charge on any atom is -0.326 e. The van der Waals surface area contributed by atoms with Crippen LogP contribution in [0.3, 0.4) is 0 Å². The van der Waals surface area contributed by atoms with Gasteiger partial charge in [0.1, 0.15) is 6.04 Å². The molecule has 1 N–H and O–H groups in total. The van der Waals surface area contributed by atoms with Crippen LogP contribution in [0.5, 0.6) is 0 Å². The molecule has 1 heterocycles. The topological polar surface area (TPSA) is 69.7 Å². The van der Waals surface area contributed by atoms with E-state index < -0.39 is 12.1 Å². The number of hydrogen-bond acceptors (Lipinski definition) is 3. The Labute approximate surface area is 158 Å². The van der Waals surface area contributed by atoms with Gasteiger partial charge < -0.3 is 10.2 Å². The molecule has 1 unspecified atom stereocenters. The fourth-order valence-corrected chi connectivity index (χ4v) is 3.29. The van der Waals surface area contributed by atoms with Crippen molar-refractivity contribution in [2.75, 3.05) is 10.2 Å². The Kier molecular flexibility index (Phi) is 5.26. The van der Waals surface area contributed by atoms with Crippen LogP contribution < -0.4 is 10.2 Å². The van der Waals surface area contributed by atoms with Crippen LogP contribution in [0.1, 0.15) is 25.8 Å². The molecule has 0 saturated carbocycles. The van der Waals surface area contributed by atoms with E-state index in [-0.39, 0.29) is 24.3 Å². The van der Waals surface area contributed by atoms with Crippen molar-refractivity contribution in [2.45, 2.75) is 39.3 Å². The molecule has 6 nitrogen and oxygen atoms in total. The van der Waals surface area contributed by atoms with Gasteiger partial charge >= 0.3 is 6.03 Å². The molecule has 0 spiro atoms. The number of benzene rings is 2. The number of aryl methyl sites for hydroxylation is 1. The molecule has 140 valence electrons. The number of urea groups is 1. The van der Waals surface area contributed by atoms with Crippen LogP contribution in [0.2, 0.25) is 0 Å². The lowest BCUT2D eigenvalue weighted by atomic mass is 10.1. The summed E-state index contributed by atoms with van der Waals surface area (Å²) in [4.78, 5) is 41.1. The molecule has 1 aliphatic rings. The molecule has 2 aromatic carbocycles. The summed E-state index contributed by atoms with van der Waals surface area (Å²) in [6.45, 7) is 5.58. The standard InChI is InChI=1S/C21H23N3O3/c1-14(2)23-18(13-19(25)22-16-9-5-4-6-10-16)20(26)24(21(23)27)17-11-7-8-15(3)12-17/h4-12,14,18H,13H2,1-3H3,(H,22,25). The van der Waals surface area contributed by atoms with E-state index in [1.54, 1.807) is 30.3 Å². The van der Waals surface area contributed by atoms with E-state index >= 15 is 0 Å². The Balaban J connectivity index is 1.83. The SMILES string of the molecule is Cc1cccc(N2C(=O)C(CC(=O)Nc3ccccc3)N(C(C)C)C2=O)c1. The second kappa shape index (κ2) is 7.61. The van der Waals surface area contributed by atoms with E-state index in [4.69, 9.17) is 0 Å². The Morgan fingerprint density at radius 1 is 1.07 bits per heavy atom. The van der Waals surface area contributed by atoms with Gasteiger partial charge in [-0.15, -0.1) is 0 Å². The lowest BCUT2D eigenvalue weighted by Gasteiger charge is -2.25. The van der Waals surface area contributed by atoms with E-state index in [2.05, 4.69) is 5.32 Å². The number of carbonyl (C=O) groups excluding carboxylic acids is 3. The number of imide groups is 1. The van der Waals surface area contributed by atoms with Gasteiger partial charge in [-0.3, -0.25) is 9.59 Å². The smallest absolute Gasteiger partial charge is 0.326 e. The number of rotatable bonds is 5. The van der Waals surface area contributed by atoms with E-state index in [1.807, 2.05) is 45.0 Å². The number of nitrogens with zero attached hydrogens (tertiary/aromatic N) is 2. The van der Waals surface area contributed by atoms with Crippen LogP contribution in [-0.4, -0.2) is 34.8 Å². The van der Waals surface area contributed by atoms with Crippen molar-refractivity contribution in [3.63, 3.8) is 0 Å². The number of carbonyl (C=O) groups is 3. The largest absolute Gasteiger partial charge is 0.332 e. The fraction of sp³-hybridized carbons (Fsp3) is 0.286. The molecule has 1 aliphatic heterocycles. The average Bonchev–Trinajstić information content (AvgIpc) is 2.86. The van der Waals surface area contributed by atoms with Gasteiger partial charge in [-0.25, -0.2) is 9.69 Å². The number of hydrogen-bond donors (Lipinski definition) is 1. The summed E-state index contributed by atoms with van der Waals surface area (Å²) in [5.41, 5.74) is 2.14. The number of para-hydroxylation sites is 1. The van der Waals surface area contributed by atoms with Gasteiger partial charge in [-0.1, -0.05) is 30.3 Å². The lowest BCUT2D eigenvalue weighted by molar-refractivity contribution is -0.124. The number of anilines is 2. The normalized spacial score (nSPS) is 17.0. The van der Waals surface area contributed by atoms with Crippen molar-refractivity contribution in [1.82, 2.24) is 4.90 Å². The van der Waals surface area contributed by atoms with Crippen molar-refractivity contribution in [2.24, 2.45) is 0 Å². The highest BCUT2D eigenvalue weighted by Crippen LogP contribution is 2.29. The first-order chi connectivity index (χ1) is 12.9. The van der Waals surface area contributed by atoms with Crippen molar-refractivity contribution < 1.29 is 14.4 Å². The minimum atomic E-state index is -0.818. The van der Waals surface area contributed by atoms with Gasteiger partial charge in [-0.2, -0.15) is 0 Å². The third-order valence-electron chi connectivity index (χ3n) is 4.51. The molecule has 1 saturated heterocycles. The van der Waals surface area contributed by atoms with Gasteiger partial charge in [0.2, 0.25) is 5.91 Å². The van der Waals surface area contributed by atoms with Crippen LogP contribution in [0.4, 0.5) is 16.2 Å². The van der Waals surface area contributed by atoms with E-state index in [1.165, 1.54) is 9.80 Å². The molecule has 6 heteroatoms. The molecule has 0 bridgehead atoms. The highest BCUT2D eigenvalue weighted by Gasteiger charge is 2.47. The molecular formula is C21H23N3O3. The third-order valence-corrected chi connectivity index (χ3v) is 4.51. The zero-order valence-corrected chi connectivity index (χ0v) is 15.7. The van der Waals surface area contributed by atoms with Gasteiger partial charge in [-0.05, 0) is 50.6 Å². The first-order valence-electron chi connectivity index (χ1n) is 8.96. The number of nitrogens with one attached hydrogen (secondary N) is 1. The Morgan fingerprint density at radius 2 is 1.78 bits per heavy atom. The van der Waals surface area contributed by atoms with Crippen molar-refractivity contribution in [3.05, 3.63) is 60.2 Å². The maximum atomic E-state index is 13.0. The molecule has 1 fully saturated rings. The minimum absolute atomic E-state index is 0.0834. The van der Waals surface area contributed by atoms with Crippen molar-refractivity contribution in [1.29, 1.82) is 0 Å². The highest BCUT2D eigenvalue weighted by molar-refractivity contribution is 6.22. The highest BCUT2D eigenvalue weighted by atomic mass is 16.2. The Morgan fingerprint density at radius 3 is 2.41 bits per heavy atom. The molecule has 0 aliphatic carbocycles. The summed E-state index contributed by atoms with van der Waals surface area (Å²) in [7, 11) is 0. The van der Waals surface area contributed by atoms with Crippen LogP contribution in [-0.2, 0) is 9.59 Å². The zero-order chi connectivity index (χ0) is 19.6. The maximum Gasteiger partial charge on any atom is 0.332 e. The first-order valence-corrected chi connectivity index (χ1v) is 8.96. The lowest BCUT2D eigenvalue weighted by Crippen LogP contribution is -2.42. The molecular weight excluding hydrogens is 342 g/mol. The van der Waals surface area contributed by atoms with Crippen LogP contribution in [0.25, 0.3) is 0 Å². The third kappa shape index (κ3) is 3.84. The molecule has 0 radical (unpaired) electrons. The van der Waals surface area contributed by atoms with Crippen molar-refractivity contribution >= 4 is 29.2 Å². The van der Waals surface area contributed by atoms with Crippen molar-refractivity contribution in [3.8, 4) is 0 Å². The quantitative estimate of drug-likeness (QED) is 0.824. The van der Waals surface area contributed by atoms with E-state index in [0.29, 0.717) is 11.4 Å². The van der Waals surface area contributed by atoms with Gasteiger partial charge in [0.15, 0.2) is 0 Å². The summed E-state index contributed by atoms with van der Waals surface area (Å²) in [6, 6.07) is 14.9. The Hall–Kier alpha value is -3.15. The molecule has 4 amide bonds. The van der Waals surface area contributed by atoms with Crippen LogP contribution in [0, 0.1) is 6.92 Å². The first kappa shape index (κ1) is 18.6. The summed E-state index contributed by atoms with van der Waals surface area (Å²) in [5, 5.41) is 2.78. The second-order valence-electron chi connectivity index (χ2n) is 6.93.